The fourth-order valence-electron chi connectivity index (χ4n) is 1.08. The van der Waals surface area contributed by atoms with Gasteiger partial charge in [0.15, 0.2) is 0 Å². The van der Waals surface area contributed by atoms with E-state index in [4.69, 9.17) is 57.6 Å². The second-order valence-electron chi connectivity index (χ2n) is 3.06. The highest BCUT2D eigenvalue weighted by molar-refractivity contribution is 6.52. The van der Waals surface area contributed by atoms with E-state index < -0.39 is 15.7 Å². The Morgan fingerprint density at radius 2 is 2.00 bits per heavy atom. The Morgan fingerprint density at radius 1 is 1.53 bits per heavy atom. The smallest absolute Gasteiger partial charge is 0.280 e. The van der Waals surface area contributed by atoms with E-state index in [1.807, 2.05) is 0 Å². The Kier molecular flexibility index (Phi) is 3.05. The minimum atomic E-state index is -2.07. The lowest BCUT2D eigenvalue weighted by molar-refractivity contribution is -0.127. The molecule has 82 valence electrons. The van der Waals surface area contributed by atoms with Gasteiger partial charge in [-0.05, 0) is 6.92 Å². The second kappa shape index (κ2) is 3.60. The van der Waals surface area contributed by atoms with Gasteiger partial charge >= 0.3 is 0 Å². The van der Waals surface area contributed by atoms with E-state index in [0.29, 0.717) is 4.42 Å². The number of amides is 1. The maximum Gasteiger partial charge on any atom is 0.280 e. The molecular formula is C7H5Cl4N3O. The van der Waals surface area contributed by atoms with E-state index in [1.54, 1.807) is 6.07 Å². The number of hydrogen-bond donors (Lipinski definition) is 1. The summed E-state index contributed by atoms with van der Waals surface area (Å²) in [7, 11) is 0. The van der Waals surface area contributed by atoms with Crippen LogP contribution < -0.4 is 5.73 Å². The van der Waals surface area contributed by atoms with Crippen molar-refractivity contribution in [3.63, 3.8) is 0 Å². The molecule has 0 radical (unpaired) electrons. The maximum atomic E-state index is 11.6. The highest BCUT2D eigenvalue weighted by Gasteiger charge is 2.60. The average molecular weight is 289 g/mol. The molecule has 0 saturated heterocycles. The molecule has 2 atom stereocenters. The van der Waals surface area contributed by atoms with Gasteiger partial charge < -0.3 is 5.73 Å². The predicted octanol–water partition coefficient (Wildman–Crippen LogP) is 1.85. The summed E-state index contributed by atoms with van der Waals surface area (Å²) < 4.78 is 0.489. The van der Waals surface area contributed by atoms with Gasteiger partial charge in [0.25, 0.3) is 5.91 Å². The molecule has 8 heteroatoms. The number of carbonyl (C=O) groups excluding carboxylic acids is 1. The number of nitrogens with two attached hydrogens (primary N) is 1. The van der Waals surface area contributed by atoms with E-state index in [2.05, 4.69) is 0 Å². The number of alkyl halides is 2. The first-order chi connectivity index (χ1) is 6.70. The van der Waals surface area contributed by atoms with Crippen LogP contribution in [0, 0.1) is 11.3 Å². The number of rotatable bonds is 0. The molecule has 0 spiro atoms. The van der Waals surface area contributed by atoms with Crippen molar-refractivity contribution in [2.45, 2.75) is 16.7 Å². The summed E-state index contributed by atoms with van der Waals surface area (Å²) in [5.41, 5.74) is 5.43. The fourth-order valence-corrected chi connectivity index (χ4v) is 2.05. The average Bonchev–Trinajstić information content (AvgIpc) is 2.21. The molecule has 0 aromatic carbocycles. The van der Waals surface area contributed by atoms with Gasteiger partial charge in [0.2, 0.25) is 4.87 Å². The van der Waals surface area contributed by atoms with Gasteiger partial charge in [0, 0.05) is 11.8 Å². The topological polar surface area (TPSA) is 70.1 Å². The van der Waals surface area contributed by atoms with Crippen LogP contribution in [0.3, 0.4) is 0 Å². The van der Waals surface area contributed by atoms with Crippen LogP contribution in [-0.4, -0.2) is 20.1 Å². The minimum Gasteiger partial charge on any atom is -0.383 e. The molecule has 0 bridgehead atoms. The van der Waals surface area contributed by atoms with Crippen LogP contribution in [0.5, 0.6) is 0 Å². The lowest BCUT2D eigenvalue weighted by Crippen LogP contribution is -2.58. The molecule has 0 aliphatic carbocycles. The summed E-state index contributed by atoms with van der Waals surface area (Å²) in [6.07, 6.45) is 0. The number of allylic oxidation sites excluding steroid dienone is 1. The number of hydrogen-bond acceptors (Lipinski definition) is 3. The fraction of sp³-hybridized carbons (Fsp3) is 0.429. The molecule has 15 heavy (non-hydrogen) atoms. The third-order valence-corrected chi connectivity index (χ3v) is 4.32. The zero-order valence-electron chi connectivity index (χ0n) is 7.39. The van der Waals surface area contributed by atoms with Crippen molar-refractivity contribution in [1.29, 1.82) is 5.26 Å². The maximum absolute atomic E-state index is 11.6. The minimum absolute atomic E-state index is 0.143. The standard InChI is InChI=1S/C7H5Cl4N3O/c1-6(9)3(8)4(13)14(11)5(15)7(6,10)2-12/h13H2,1H3. The Hall–Kier alpha value is -0.340. The Bertz CT molecular complexity index is 400. The summed E-state index contributed by atoms with van der Waals surface area (Å²) >= 11 is 23.1. The van der Waals surface area contributed by atoms with Crippen LogP contribution >= 0.6 is 46.6 Å². The van der Waals surface area contributed by atoms with Crippen molar-refractivity contribution in [2.75, 3.05) is 0 Å². The quantitative estimate of drug-likeness (QED) is 0.546. The second-order valence-corrected chi connectivity index (χ2v) is 5.10. The van der Waals surface area contributed by atoms with Crippen LogP contribution in [0.1, 0.15) is 6.92 Å². The lowest BCUT2D eigenvalue weighted by atomic mass is 9.89. The first-order valence-corrected chi connectivity index (χ1v) is 5.12. The number of nitrogens with zero attached hydrogens (tertiary/aromatic N) is 2. The number of nitriles is 1. The Balaban J connectivity index is 3.52. The van der Waals surface area contributed by atoms with Crippen LogP contribution in [0.2, 0.25) is 0 Å². The summed E-state index contributed by atoms with van der Waals surface area (Å²) in [6, 6.07) is 1.59. The molecule has 4 nitrogen and oxygen atoms in total. The molecule has 1 rings (SSSR count). The molecule has 1 aliphatic rings. The van der Waals surface area contributed by atoms with E-state index in [9.17, 15) is 4.79 Å². The molecule has 2 N–H and O–H groups in total. The van der Waals surface area contributed by atoms with E-state index in [0.717, 1.165) is 0 Å². The van der Waals surface area contributed by atoms with Crippen LogP contribution in [0.25, 0.3) is 0 Å². The summed E-state index contributed by atoms with van der Waals surface area (Å²) in [5, 5.41) is 8.74. The third-order valence-electron chi connectivity index (χ3n) is 2.12. The summed E-state index contributed by atoms with van der Waals surface area (Å²) in [6.45, 7) is 1.32. The predicted molar refractivity (Wildman–Crippen MR) is 58.2 cm³/mol. The molecule has 2 unspecified atom stereocenters. The largest absolute Gasteiger partial charge is 0.383 e. The summed E-state index contributed by atoms with van der Waals surface area (Å²) in [4.78, 5) is 7.95. The highest BCUT2D eigenvalue weighted by atomic mass is 35.5. The van der Waals surface area contributed by atoms with Gasteiger partial charge in [0.05, 0.1) is 11.1 Å². The van der Waals surface area contributed by atoms with E-state index >= 15 is 0 Å². The normalized spacial score (nSPS) is 36.8. The van der Waals surface area contributed by atoms with Gasteiger partial charge in [0.1, 0.15) is 10.7 Å². The molecule has 1 aliphatic heterocycles. The SMILES string of the molecule is CC1(Cl)C(Cl)=C(N)N(Cl)C(=O)C1(Cl)C#N. The van der Waals surface area contributed by atoms with Gasteiger partial charge in [-0.1, -0.05) is 23.2 Å². The molecule has 0 aromatic rings. The van der Waals surface area contributed by atoms with Crippen molar-refractivity contribution in [3.8, 4) is 6.07 Å². The monoisotopic (exact) mass is 287 g/mol. The highest BCUT2D eigenvalue weighted by Crippen LogP contribution is 2.48. The molecule has 0 fully saturated rings. The van der Waals surface area contributed by atoms with Gasteiger partial charge in [-0.15, -0.1) is 11.6 Å². The first kappa shape index (κ1) is 12.7. The van der Waals surface area contributed by atoms with E-state index in [-0.39, 0.29) is 10.9 Å². The molecule has 1 heterocycles. The lowest BCUT2D eigenvalue weighted by Gasteiger charge is -2.39. The Labute approximate surface area is 106 Å². The van der Waals surface area contributed by atoms with Gasteiger partial charge in [-0.2, -0.15) is 5.26 Å². The van der Waals surface area contributed by atoms with Crippen molar-refractivity contribution < 1.29 is 4.79 Å². The molecule has 1 amide bonds. The first-order valence-electron chi connectivity index (χ1n) is 3.65. The van der Waals surface area contributed by atoms with Gasteiger partial charge in [-0.25, -0.2) is 4.42 Å². The van der Waals surface area contributed by atoms with Crippen LogP contribution in [-0.2, 0) is 4.79 Å². The zero-order valence-corrected chi connectivity index (χ0v) is 10.4. The van der Waals surface area contributed by atoms with Crippen molar-refractivity contribution in [3.05, 3.63) is 10.9 Å². The van der Waals surface area contributed by atoms with Crippen LogP contribution in [0.15, 0.2) is 10.9 Å². The van der Waals surface area contributed by atoms with Gasteiger partial charge in [-0.3, -0.25) is 4.79 Å². The number of halogens is 4. The Morgan fingerprint density at radius 3 is 2.40 bits per heavy atom. The molecule has 0 saturated carbocycles. The van der Waals surface area contributed by atoms with Crippen molar-refractivity contribution in [2.24, 2.45) is 5.73 Å². The molecule has 0 aromatic heterocycles. The third kappa shape index (κ3) is 1.46. The van der Waals surface area contributed by atoms with E-state index in [1.165, 1.54) is 6.92 Å². The summed E-state index contributed by atoms with van der Waals surface area (Å²) in [5.74, 6) is -1.15. The number of carbonyl (C=O) groups is 1. The van der Waals surface area contributed by atoms with Crippen molar-refractivity contribution >= 4 is 52.5 Å². The zero-order chi connectivity index (χ0) is 12.0. The molecular weight excluding hydrogens is 284 g/mol. The van der Waals surface area contributed by atoms with Crippen molar-refractivity contribution in [1.82, 2.24) is 4.42 Å². The van der Waals surface area contributed by atoms with Crippen LogP contribution in [0.4, 0.5) is 0 Å².